The summed E-state index contributed by atoms with van der Waals surface area (Å²) in [5, 5.41) is 3.90. The van der Waals surface area contributed by atoms with Crippen molar-refractivity contribution < 1.29 is 9.21 Å². The molecule has 1 aromatic carbocycles. The molecule has 3 rings (SSSR count). The maximum atomic E-state index is 11.8. The van der Waals surface area contributed by atoms with Crippen LogP contribution in [0.3, 0.4) is 0 Å². The number of nitrogens with zero attached hydrogens (tertiary/aromatic N) is 1. The molecule has 0 atom stereocenters. The molecule has 6 heteroatoms. The van der Waals surface area contributed by atoms with Gasteiger partial charge >= 0.3 is 0 Å². The molecule has 0 aliphatic heterocycles. The number of hydrogen-bond acceptors (Lipinski definition) is 4. The number of nitrogens with one attached hydrogen (secondary N) is 1. The van der Waals surface area contributed by atoms with Crippen molar-refractivity contribution in [3.05, 3.63) is 53.5 Å². The number of fused-ring (bicyclic) bond motifs is 1. The Balaban J connectivity index is 1.74. The number of amides is 1. The number of furan rings is 1. The summed E-state index contributed by atoms with van der Waals surface area (Å²) in [6.07, 6.45) is 4.55. The zero-order valence-electron chi connectivity index (χ0n) is 10.2. The molecule has 3 aromatic rings. The van der Waals surface area contributed by atoms with E-state index >= 15 is 0 Å². The molecule has 0 spiro atoms. The predicted molar refractivity (Wildman–Crippen MR) is 81.0 cm³/mol. The normalized spacial score (nSPS) is 11.2. The molecule has 0 aliphatic rings. The van der Waals surface area contributed by atoms with Crippen LogP contribution in [0.25, 0.3) is 16.3 Å². The molecule has 0 radical (unpaired) electrons. The van der Waals surface area contributed by atoms with Crippen molar-refractivity contribution >= 4 is 50.3 Å². The number of rotatable bonds is 3. The van der Waals surface area contributed by atoms with Crippen molar-refractivity contribution in [2.24, 2.45) is 0 Å². The highest BCUT2D eigenvalue weighted by Gasteiger charge is 2.06. The van der Waals surface area contributed by atoms with Crippen LogP contribution in [0.5, 0.6) is 0 Å². The molecule has 20 heavy (non-hydrogen) atoms. The van der Waals surface area contributed by atoms with E-state index in [4.69, 9.17) is 16.0 Å². The lowest BCUT2D eigenvalue weighted by molar-refractivity contribution is -0.111. The van der Waals surface area contributed by atoms with Crippen molar-refractivity contribution in [2.75, 3.05) is 5.32 Å². The minimum atomic E-state index is -0.258. The van der Waals surface area contributed by atoms with E-state index in [1.165, 1.54) is 17.4 Å². The molecule has 4 nitrogen and oxygen atoms in total. The summed E-state index contributed by atoms with van der Waals surface area (Å²) < 4.78 is 6.03. The minimum Gasteiger partial charge on any atom is -0.465 e. The maximum absolute atomic E-state index is 11.8. The summed E-state index contributed by atoms with van der Waals surface area (Å²) in [5.41, 5.74) is 0.810. The van der Waals surface area contributed by atoms with Crippen molar-refractivity contribution in [3.63, 3.8) is 0 Å². The number of carbonyl (C=O) groups excluding carboxylic acids is 1. The molecular weight excluding hydrogens is 296 g/mol. The van der Waals surface area contributed by atoms with E-state index in [1.54, 1.807) is 30.5 Å². The highest BCUT2D eigenvalue weighted by atomic mass is 35.5. The fraction of sp³-hybridized carbons (Fsp3) is 0. The van der Waals surface area contributed by atoms with Crippen LogP contribution in [0, 0.1) is 0 Å². The van der Waals surface area contributed by atoms with Crippen LogP contribution >= 0.6 is 22.9 Å². The van der Waals surface area contributed by atoms with Crippen molar-refractivity contribution in [2.45, 2.75) is 0 Å². The first-order valence-corrected chi connectivity index (χ1v) is 6.99. The van der Waals surface area contributed by atoms with Crippen LogP contribution in [-0.4, -0.2) is 10.9 Å². The van der Waals surface area contributed by atoms with E-state index < -0.39 is 0 Å². The second-order valence-electron chi connectivity index (χ2n) is 3.97. The van der Waals surface area contributed by atoms with Crippen LogP contribution in [0.2, 0.25) is 5.02 Å². The van der Waals surface area contributed by atoms with E-state index in [1.807, 2.05) is 12.1 Å². The van der Waals surface area contributed by atoms with Gasteiger partial charge in [-0.2, -0.15) is 0 Å². The molecule has 2 aromatic heterocycles. The van der Waals surface area contributed by atoms with Gasteiger partial charge in [0.15, 0.2) is 5.13 Å². The van der Waals surface area contributed by atoms with Crippen LogP contribution in [0.15, 0.2) is 47.1 Å². The van der Waals surface area contributed by atoms with Crippen LogP contribution in [-0.2, 0) is 4.79 Å². The zero-order chi connectivity index (χ0) is 13.9. The molecule has 0 unspecified atom stereocenters. The summed E-state index contributed by atoms with van der Waals surface area (Å²) in [6, 6.07) is 8.94. The lowest BCUT2D eigenvalue weighted by atomic mass is 10.3. The van der Waals surface area contributed by atoms with Gasteiger partial charge in [-0.1, -0.05) is 22.9 Å². The highest BCUT2D eigenvalue weighted by molar-refractivity contribution is 7.22. The minimum absolute atomic E-state index is 0.258. The molecule has 1 N–H and O–H groups in total. The zero-order valence-corrected chi connectivity index (χ0v) is 11.7. The number of benzene rings is 1. The number of hydrogen-bond donors (Lipinski definition) is 1. The molecule has 100 valence electrons. The third-order valence-electron chi connectivity index (χ3n) is 2.52. The van der Waals surface area contributed by atoms with Crippen LogP contribution in [0.1, 0.15) is 5.76 Å². The maximum Gasteiger partial charge on any atom is 0.250 e. The van der Waals surface area contributed by atoms with Crippen LogP contribution in [0.4, 0.5) is 5.13 Å². The van der Waals surface area contributed by atoms with Gasteiger partial charge in [0.05, 0.1) is 16.5 Å². The first-order valence-electron chi connectivity index (χ1n) is 5.79. The fourth-order valence-corrected chi connectivity index (χ4v) is 2.79. The topological polar surface area (TPSA) is 55.1 Å². The van der Waals surface area contributed by atoms with E-state index in [0.29, 0.717) is 15.9 Å². The first kappa shape index (κ1) is 12.9. The Morgan fingerprint density at radius 1 is 1.40 bits per heavy atom. The lowest BCUT2D eigenvalue weighted by Gasteiger charge is -1.94. The Labute approximate surface area is 123 Å². The predicted octanol–water partition coefficient (Wildman–Crippen LogP) is 4.19. The Kier molecular flexibility index (Phi) is 3.54. The fourth-order valence-electron chi connectivity index (χ4n) is 1.64. The summed E-state index contributed by atoms with van der Waals surface area (Å²) in [6.45, 7) is 0. The Morgan fingerprint density at radius 3 is 3.10 bits per heavy atom. The van der Waals surface area contributed by atoms with Gasteiger partial charge in [-0.15, -0.1) is 0 Å². The largest absolute Gasteiger partial charge is 0.465 e. The van der Waals surface area contributed by atoms with Gasteiger partial charge in [0, 0.05) is 11.1 Å². The molecule has 1 amide bonds. The second-order valence-corrected chi connectivity index (χ2v) is 5.44. The summed E-state index contributed by atoms with van der Waals surface area (Å²) in [7, 11) is 0. The summed E-state index contributed by atoms with van der Waals surface area (Å²) in [4.78, 5) is 16.1. The van der Waals surface area contributed by atoms with Crippen molar-refractivity contribution in [1.29, 1.82) is 0 Å². The summed E-state index contributed by atoms with van der Waals surface area (Å²) in [5.74, 6) is 0.364. The molecule has 0 fully saturated rings. The molecule has 0 saturated heterocycles. The monoisotopic (exact) mass is 304 g/mol. The number of thiazole rings is 1. The number of carbonyl (C=O) groups is 1. The van der Waals surface area contributed by atoms with Crippen molar-refractivity contribution in [3.8, 4) is 0 Å². The van der Waals surface area contributed by atoms with Gasteiger partial charge in [-0.3, -0.25) is 10.1 Å². The quantitative estimate of drug-likeness (QED) is 0.738. The lowest BCUT2D eigenvalue weighted by Crippen LogP contribution is -2.07. The van der Waals surface area contributed by atoms with Gasteiger partial charge < -0.3 is 4.42 Å². The smallest absolute Gasteiger partial charge is 0.250 e. The number of aromatic nitrogens is 1. The van der Waals surface area contributed by atoms with E-state index in [0.717, 1.165) is 10.2 Å². The third-order valence-corrected chi connectivity index (χ3v) is 3.69. The summed E-state index contributed by atoms with van der Waals surface area (Å²) >= 11 is 7.29. The molecule has 2 heterocycles. The Morgan fingerprint density at radius 2 is 2.30 bits per heavy atom. The SMILES string of the molecule is O=C(/C=C/c1ccco1)Nc1nc2ccc(Cl)cc2s1. The second kappa shape index (κ2) is 5.48. The number of anilines is 1. The first-order chi connectivity index (χ1) is 9.70. The van der Waals surface area contributed by atoms with Crippen molar-refractivity contribution in [1.82, 2.24) is 4.98 Å². The van der Waals surface area contributed by atoms with Gasteiger partial charge in [-0.05, 0) is 36.4 Å². The van der Waals surface area contributed by atoms with Gasteiger partial charge in [0.2, 0.25) is 5.91 Å². The third kappa shape index (κ3) is 2.89. The Bertz CT molecular complexity index is 778. The molecule has 0 bridgehead atoms. The van der Waals surface area contributed by atoms with Crippen LogP contribution < -0.4 is 5.32 Å². The average molecular weight is 305 g/mol. The average Bonchev–Trinajstić information content (AvgIpc) is 3.04. The van der Waals surface area contributed by atoms with E-state index in [-0.39, 0.29) is 5.91 Å². The molecular formula is C14H9ClN2O2S. The van der Waals surface area contributed by atoms with Gasteiger partial charge in [0.1, 0.15) is 5.76 Å². The Hall–Kier alpha value is -2.11. The molecule has 0 aliphatic carbocycles. The standard InChI is InChI=1S/C14H9ClN2O2S/c15-9-3-5-11-12(8-9)20-14(16-11)17-13(18)6-4-10-2-1-7-19-10/h1-8H,(H,16,17,18)/b6-4+. The molecule has 0 saturated carbocycles. The van der Waals surface area contributed by atoms with E-state index in [2.05, 4.69) is 10.3 Å². The van der Waals surface area contributed by atoms with Gasteiger partial charge in [-0.25, -0.2) is 4.98 Å². The van der Waals surface area contributed by atoms with E-state index in [9.17, 15) is 4.79 Å². The number of halogens is 1. The van der Waals surface area contributed by atoms with Gasteiger partial charge in [0.25, 0.3) is 0 Å². The highest BCUT2D eigenvalue weighted by Crippen LogP contribution is 2.28.